The highest BCUT2D eigenvalue weighted by Gasteiger charge is 2.40. The molecule has 3 amide bonds. The summed E-state index contributed by atoms with van der Waals surface area (Å²) in [6.07, 6.45) is 0. The van der Waals surface area contributed by atoms with E-state index in [1.54, 1.807) is 30.3 Å². The van der Waals surface area contributed by atoms with E-state index in [9.17, 15) is 14.4 Å². The van der Waals surface area contributed by atoms with Gasteiger partial charge in [-0.25, -0.2) is 4.90 Å². The van der Waals surface area contributed by atoms with E-state index >= 15 is 0 Å². The van der Waals surface area contributed by atoms with Gasteiger partial charge < -0.3 is 10.6 Å². The molecule has 0 fully saturated rings. The second-order valence-electron chi connectivity index (χ2n) is 8.67. The van der Waals surface area contributed by atoms with Crippen LogP contribution >= 0.6 is 0 Å². The molecule has 1 aliphatic rings. The first-order chi connectivity index (χ1) is 16.2. The Morgan fingerprint density at radius 2 is 1.41 bits per heavy atom. The van der Waals surface area contributed by atoms with E-state index in [2.05, 4.69) is 10.6 Å². The molecule has 0 aromatic heterocycles. The van der Waals surface area contributed by atoms with E-state index in [1.807, 2.05) is 58.0 Å². The van der Waals surface area contributed by atoms with E-state index in [4.69, 9.17) is 0 Å². The predicted octanol–water partition coefficient (Wildman–Crippen LogP) is 5.28. The van der Waals surface area contributed by atoms with Crippen molar-refractivity contribution in [1.82, 2.24) is 0 Å². The van der Waals surface area contributed by atoms with Gasteiger partial charge >= 0.3 is 0 Å². The van der Waals surface area contributed by atoms with Crippen molar-refractivity contribution in [1.29, 1.82) is 0 Å². The Bertz CT molecular complexity index is 1350. The lowest BCUT2D eigenvalue weighted by Gasteiger charge is -2.17. The topological polar surface area (TPSA) is 78.5 Å². The number of carbonyl (C=O) groups is 3. The van der Waals surface area contributed by atoms with E-state index in [-0.39, 0.29) is 17.5 Å². The molecule has 172 valence electrons. The van der Waals surface area contributed by atoms with E-state index in [1.165, 1.54) is 11.8 Å². The summed E-state index contributed by atoms with van der Waals surface area (Å²) in [7, 11) is 0. The maximum absolute atomic E-state index is 13.7. The van der Waals surface area contributed by atoms with E-state index in [0.717, 1.165) is 22.3 Å². The second-order valence-corrected chi connectivity index (χ2v) is 8.67. The zero-order valence-corrected chi connectivity index (χ0v) is 19.9. The Morgan fingerprint density at radius 1 is 0.735 bits per heavy atom. The number of aryl methyl sites for hydroxylation is 4. The van der Waals surface area contributed by atoms with Crippen LogP contribution in [0.2, 0.25) is 0 Å². The van der Waals surface area contributed by atoms with E-state index < -0.39 is 5.91 Å². The number of rotatable bonds is 5. The summed E-state index contributed by atoms with van der Waals surface area (Å²) in [4.78, 5) is 39.8. The van der Waals surface area contributed by atoms with Crippen molar-refractivity contribution in [2.45, 2.75) is 34.6 Å². The second kappa shape index (κ2) is 8.98. The molecule has 4 rings (SSSR count). The summed E-state index contributed by atoms with van der Waals surface area (Å²) in [5.74, 6) is -0.937. The lowest BCUT2D eigenvalue weighted by molar-refractivity contribution is -0.120. The molecule has 0 spiro atoms. The third-order valence-corrected chi connectivity index (χ3v) is 5.96. The molecule has 0 aliphatic carbocycles. The average Bonchev–Trinajstić information content (AvgIpc) is 3.01. The van der Waals surface area contributed by atoms with Crippen molar-refractivity contribution in [3.05, 3.63) is 94.2 Å². The minimum Gasteiger partial charge on any atom is -0.350 e. The van der Waals surface area contributed by atoms with Crippen molar-refractivity contribution in [2.75, 3.05) is 15.5 Å². The summed E-state index contributed by atoms with van der Waals surface area (Å²) in [6, 6.07) is 18.4. The molecule has 1 heterocycles. The fourth-order valence-electron chi connectivity index (χ4n) is 4.07. The van der Waals surface area contributed by atoms with Crippen LogP contribution < -0.4 is 15.5 Å². The largest absolute Gasteiger partial charge is 0.350 e. The Labute approximate surface area is 199 Å². The van der Waals surface area contributed by atoms with Crippen molar-refractivity contribution >= 4 is 40.4 Å². The number of benzene rings is 3. The summed E-state index contributed by atoms with van der Waals surface area (Å²) in [5, 5.41) is 5.89. The first-order valence-electron chi connectivity index (χ1n) is 11.1. The Hall–Kier alpha value is -4.19. The minimum absolute atomic E-state index is 0.166. The smallest absolute Gasteiger partial charge is 0.282 e. The molecule has 0 bridgehead atoms. The Morgan fingerprint density at radius 3 is 2.03 bits per heavy atom. The van der Waals surface area contributed by atoms with Gasteiger partial charge in [0.15, 0.2) is 0 Å². The fraction of sp³-hybridized carbons (Fsp3) is 0.179. The van der Waals surface area contributed by atoms with Crippen LogP contribution in [0.4, 0.5) is 17.1 Å². The van der Waals surface area contributed by atoms with Crippen LogP contribution in [0, 0.1) is 27.7 Å². The number of imide groups is 1. The van der Waals surface area contributed by atoms with Gasteiger partial charge in [-0.1, -0.05) is 29.8 Å². The van der Waals surface area contributed by atoms with Crippen molar-refractivity contribution < 1.29 is 14.4 Å². The molecule has 3 aromatic carbocycles. The maximum Gasteiger partial charge on any atom is 0.282 e. The summed E-state index contributed by atoms with van der Waals surface area (Å²) in [5.41, 5.74) is 7.18. The maximum atomic E-state index is 13.7. The van der Waals surface area contributed by atoms with Gasteiger partial charge in [-0.05, 0) is 86.3 Å². The number of hydrogen-bond acceptors (Lipinski definition) is 4. The number of anilines is 3. The Balaban J connectivity index is 1.79. The molecular formula is C28H27N3O3. The minimum atomic E-state index is -0.408. The molecule has 3 aromatic rings. The lowest BCUT2D eigenvalue weighted by Crippen LogP contribution is -2.32. The molecule has 2 N–H and O–H groups in total. The number of hydrogen-bond donors (Lipinski definition) is 2. The van der Waals surface area contributed by atoms with Gasteiger partial charge in [0, 0.05) is 18.3 Å². The molecule has 0 radical (unpaired) electrons. The normalized spacial score (nSPS) is 13.5. The number of amides is 3. The highest BCUT2D eigenvalue weighted by atomic mass is 16.2. The number of nitrogens with zero attached hydrogens (tertiary/aromatic N) is 1. The molecule has 0 unspecified atom stereocenters. The molecule has 0 saturated carbocycles. The van der Waals surface area contributed by atoms with Crippen LogP contribution in [-0.2, 0) is 14.4 Å². The highest BCUT2D eigenvalue weighted by molar-refractivity contribution is 6.46. The van der Waals surface area contributed by atoms with Gasteiger partial charge in [-0.2, -0.15) is 0 Å². The molecule has 1 aliphatic heterocycles. The van der Waals surface area contributed by atoms with E-state index in [0.29, 0.717) is 28.2 Å². The van der Waals surface area contributed by atoms with Crippen molar-refractivity contribution in [2.24, 2.45) is 0 Å². The van der Waals surface area contributed by atoms with Crippen LogP contribution in [0.15, 0.2) is 66.4 Å². The summed E-state index contributed by atoms with van der Waals surface area (Å²) in [6.45, 7) is 9.31. The quantitative estimate of drug-likeness (QED) is 0.516. The van der Waals surface area contributed by atoms with Crippen LogP contribution in [0.3, 0.4) is 0 Å². The molecule has 0 saturated heterocycles. The van der Waals surface area contributed by atoms with Gasteiger partial charge in [-0.3, -0.25) is 14.4 Å². The molecular weight excluding hydrogens is 426 g/mol. The van der Waals surface area contributed by atoms with Crippen molar-refractivity contribution in [3.8, 4) is 0 Å². The first-order valence-corrected chi connectivity index (χ1v) is 11.1. The van der Waals surface area contributed by atoms with Gasteiger partial charge in [-0.15, -0.1) is 0 Å². The SMILES string of the molecule is CC(=O)Nc1ccc(NC2=C(c3ccc(C)cc3C)C(=O)N(c3ccc(C)c(C)c3)C2=O)cc1. The van der Waals surface area contributed by atoms with Crippen LogP contribution in [-0.4, -0.2) is 17.7 Å². The summed E-state index contributed by atoms with van der Waals surface area (Å²) >= 11 is 0. The fourth-order valence-corrected chi connectivity index (χ4v) is 4.07. The van der Waals surface area contributed by atoms with Gasteiger partial charge in [0.1, 0.15) is 5.70 Å². The van der Waals surface area contributed by atoms with Gasteiger partial charge in [0.05, 0.1) is 11.3 Å². The van der Waals surface area contributed by atoms with Crippen molar-refractivity contribution in [3.63, 3.8) is 0 Å². The molecule has 34 heavy (non-hydrogen) atoms. The number of carbonyl (C=O) groups excluding carboxylic acids is 3. The first kappa shape index (κ1) is 23.0. The zero-order chi connectivity index (χ0) is 24.6. The van der Waals surface area contributed by atoms with Gasteiger partial charge in [0.25, 0.3) is 11.8 Å². The molecule has 6 nitrogen and oxygen atoms in total. The number of nitrogens with one attached hydrogen (secondary N) is 2. The monoisotopic (exact) mass is 453 g/mol. The highest BCUT2D eigenvalue weighted by Crippen LogP contribution is 2.36. The molecule has 6 heteroatoms. The van der Waals surface area contributed by atoms with Crippen LogP contribution in [0.25, 0.3) is 5.57 Å². The van der Waals surface area contributed by atoms with Gasteiger partial charge in [0.2, 0.25) is 5.91 Å². The third-order valence-electron chi connectivity index (χ3n) is 5.96. The standard InChI is InChI=1S/C28H27N3O3/c1-16-6-13-24(19(4)14-16)25-26(30-22-10-8-21(9-11-22)29-20(5)32)28(34)31(27(25)33)23-12-7-17(2)18(3)15-23/h6-15,30H,1-5H3,(H,29,32). The van der Waals surface area contributed by atoms with Crippen LogP contribution in [0.5, 0.6) is 0 Å². The third kappa shape index (κ3) is 4.35. The average molecular weight is 454 g/mol. The lowest BCUT2D eigenvalue weighted by atomic mass is 9.97. The molecule has 0 atom stereocenters. The predicted molar refractivity (Wildman–Crippen MR) is 136 cm³/mol. The zero-order valence-electron chi connectivity index (χ0n) is 19.9. The van der Waals surface area contributed by atoms with Crippen LogP contribution in [0.1, 0.15) is 34.7 Å². The Kier molecular flexibility index (Phi) is 6.07. The summed E-state index contributed by atoms with van der Waals surface area (Å²) < 4.78 is 0.